The van der Waals surface area contributed by atoms with Crippen LogP contribution in [0.15, 0.2) is 42.7 Å². The smallest absolute Gasteiger partial charge is 0.321 e. The second kappa shape index (κ2) is 7.02. The summed E-state index contributed by atoms with van der Waals surface area (Å²) in [6.45, 7) is 0. The number of carbonyl (C=O) groups excluding carboxylic acids is 1. The third-order valence-electron chi connectivity index (χ3n) is 3.85. The molecule has 3 rings (SSSR count). The number of nitrogens with zero attached hydrogens (tertiary/aromatic N) is 2. The van der Waals surface area contributed by atoms with Crippen molar-refractivity contribution in [2.45, 2.75) is 32.1 Å². The normalized spacial score (nSPS) is 15.3. The lowest BCUT2D eigenvalue weighted by Gasteiger charge is -2.20. The molecule has 2 aromatic rings. The average Bonchev–Trinajstić information content (AvgIpc) is 2.58. The Kier molecular flexibility index (Phi) is 4.63. The molecular weight excluding hydrogens is 278 g/mol. The Bertz CT molecular complexity index is 608. The zero-order valence-electron chi connectivity index (χ0n) is 12.4. The Balaban J connectivity index is 1.58. The minimum Gasteiger partial charge on any atom is -0.424 e. The number of carbonyl (C=O) groups is 1. The molecule has 1 aromatic carbocycles. The fourth-order valence-electron chi connectivity index (χ4n) is 2.66. The van der Waals surface area contributed by atoms with Crippen molar-refractivity contribution in [2.75, 3.05) is 5.32 Å². The first-order valence-electron chi connectivity index (χ1n) is 7.67. The quantitative estimate of drug-likeness (QED) is 0.932. The van der Waals surface area contributed by atoms with Gasteiger partial charge in [-0.15, -0.1) is 0 Å². The monoisotopic (exact) mass is 297 g/mol. The van der Waals surface area contributed by atoms with Gasteiger partial charge < -0.3 is 10.1 Å². The molecule has 1 N–H and O–H groups in total. The van der Waals surface area contributed by atoms with Crippen LogP contribution in [0.4, 0.5) is 5.69 Å². The summed E-state index contributed by atoms with van der Waals surface area (Å²) < 4.78 is 5.52. The molecule has 5 heteroatoms. The molecule has 1 amide bonds. The van der Waals surface area contributed by atoms with E-state index in [1.807, 2.05) is 12.1 Å². The summed E-state index contributed by atoms with van der Waals surface area (Å²) in [7, 11) is 0. The van der Waals surface area contributed by atoms with E-state index < -0.39 is 0 Å². The van der Waals surface area contributed by atoms with Crippen LogP contribution in [0.5, 0.6) is 11.8 Å². The number of amides is 1. The van der Waals surface area contributed by atoms with E-state index in [0.717, 1.165) is 31.4 Å². The van der Waals surface area contributed by atoms with Crippen molar-refractivity contribution in [1.82, 2.24) is 9.97 Å². The van der Waals surface area contributed by atoms with Crippen LogP contribution in [-0.4, -0.2) is 15.9 Å². The molecule has 0 unspecified atom stereocenters. The average molecular weight is 297 g/mol. The Labute approximate surface area is 129 Å². The molecule has 0 bridgehead atoms. The molecule has 0 atom stereocenters. The van der Waals surface area contributed by atoms with Gasteiger partial charge in [-0.05, 0) is 43.2 Å². The molecule has 22 heavy (non-hydrogen) atoms. The third-order valence-corrected chi connectivity index (χ3v) is 3.85. The van der Waals surface area contributed by atoms with E-state index in [2.05, 4.69) is 15.3 Å². The summed E-state index contributed by atoms with van der Waals surface area (Å²) in [5.74, 6) is 0.920. The van der Waals surface area contributed by atoms with E-state index in [9.17, 15) is 4.79 Å². The molecule has 5 nitrogen and oxygen atoms in total. The molecule has 0 saturated heterocycles. The van der Waals surface area contributed by atoms with Crippen molar-refractivity contribution in [2.24, 2.45) is 5.92 Å². The largest absolute Gasteiger partial charge is 0.424 e. The Morgan fingerprint density at radius 1 is 1.05 bits per heavy atom. The first-order valence-corrected chi connectivity index (χ1v) is 7.67. The Hall–Kier alpha value is -2.43. The van der Waals surface area contributed by atoms with Gasteiger partial charge in [-0.2, -0.15) is 0 Å². The van der Waals surface area contributed by atoms with Gasteiger partial charge in [-0.25, -0.2) is 9.97 Å². The maximum atomic E-state index is 12.2. The van der Waals surface area contributed by atoms with Gasteiger partial charge in [0.05, 0.1) is 0 Å². The van der Waals surface area contributed by atoms with Crippen molar-refractivity contribution in [3.63, 3.8) is 0 Å². The molecule has 1 aliphatic carbocycles. The molecule has 1 heterocycles. The van der Waals surface area contributed by atoms with Crippen LogP contribution < -0.4 is 10.1 Å². The molecule has 1 aliphatic rings. The van der Waals surface area contributed by atoms with Gasteiger partial charge in [0.15, 0.2) is 0 Å². The van der Waals surface area contributed by atoms with Gasteiger partial charge >= 0.3 is 6.01 Å². The van der Waals surface area contributed by atoms with Gasteiger partial charge in [0, 0.05) is 24.0 Å². The van der Waals surface area contributed by atoms with Crippen LogP contribution in [0.2, 0.25) is 0 Å². The minimum absolute atomic E-state index is 0.125. The first kappa shape index (κ1) is 14.5. The van der Waals surface area contributed by atoms with Crippen LogP contribution in [-0.2, 0) is 4.79 Å². The zero-order valence-corrected chi connectivity index (χ0v) is 12.4. The highest BCUT2D eigenvalue weighted by atomic mass is 16.5. The van der Waals surface area contributed by atoms with E-state index in [1.165, 1.54) is 6.42 Å². The molecule has 1 aromatic heterocycles. The second-order valence-corrected chi connectivity index (χ2v) is 5.48. The Morgan fingerprint density at radius 2 is 1.73 bits per heavy atom. The number of anilines is 1. The fraction of sp³-hybridized carbons (Fsp3) is 0.353. The number of benzene rings is 1. The predicted octanol–water partition coefficient (Wildman–Crippen LogP) is 3.79. The Morgan fingerprint density at radius 3 is 2.41 bits per heavy atom. The summed E-state index contributed by atoms with van der Waals surface area (Å²) >= 11 is 0. The lowest BCUT2D eigenvalue weighted by Crippen LogP contribution is -2.24. The van der Waals surface area contributed by atoms with E-state index >= 15 is 0 Å². The van der Waals surface area contributed by atoms with Gasteiger partial charge in [0.1, 0.15) is 5.75 Å². The molecule has 1 saturated carbocycles. The van der Waals surface area contributed by atoms with Gasteiger partial charge in [-0.3, -0.25) is 4.79 Å². The van der Waals surface area contributed by atoms with Crippen LogP contribution in [0.1, 0.15) is 32.1 Å². The molecule has 1 fully saturated rings. The summed E-state index contributed by atoms with van der Waals surface area (Å²) in [6.07, 6.45) is 8.81. The van der Waals surface area contributed by atoms with Crippen molar-refractivity contribution >= 4 is 11.6 Å². The van der Waals surface area contributed by atoms with E-state index in [4.69, 9.17) is 4.74 Å². The zero-order chi connectivity index (χ0) is 15.2. The lowest BCUT2D eigenvalue weighted by molar-refractivity contribution is -0.120. The number of ether oxygens (including phenoxy) is 1. The SMILES string of the molecule is O=C(Nc1ccc(Oc2ncccn2)cc1)C1CCCCC1. The lowest BCUT2D eigenvalue weighted by atomic mass is 9.88. The van der Waals surface area contributed by atoms with Crippen molar-refractivity contribution in [1.29, 1.82) is 0 Å². The van der Waals surface area contributed by atoms with Crippen LogP contribution in [0, 0.1) is 5.92 Å². The van der Waals surface area contributed by atoms with Crippen LogP contribution in [0.3, 0.4) is 0 Å². The maximum absolute atomic E-state index is 12.2. The highest BCUT2D eigenvalue weighted by Gasteiger charge is 2.20. The summed E-state index contributed by atoms with van der Waals surface area (Å²) in [6, 6.07) is 9.30. The fourth-order valence-corrected chi connectivity index (χ4v) is 2.66. The number of nitrogens with one attached hydrogen (secondary N) is 1. The molecule has 0 spiro atoms. The van der Waals surface area contributed by atoms with E-state index in [1.54, 1.807) is 30.6 Å². The summed E-state index contributed by atoms with van der Waals surface area (Å²) in [5, 5.41) is 2.98. The molecule has 0 aliphatic heterocycles. The van der Waals surface area contributed by atoms with Crippen molar-refractivity contribution < 1.29 is 9.53 Å². The second-order valence-electron chi connectivity index (χ2n) is 5.48. The van der Waals surface area contributed by atoms with E-state index in [0.29, 0.717) is 11.8 Å². The van der Waals surface area contributed by atoms with Gasteiger partial charge in [0.25, 0.3) is 0 Å². The van der Waals surface area contributed by atoms with Crippen LogP contribution >= 0.6 is 0 Å². The summed E-state index contributed by atoms with van der Waals surface area (Å²) in [4.78, 5) is 20.2. The number of aromatic nitrogens is 2. The molecular formula is C17H19N3O2. The number of hydrogen-bond acceptors (Lipinski definition) is 4. The number of rotatable bonds is 4. The molecule has 0 radical (unpaired) electrons. The maximum Gasteiger partial charge on any atom is 0.321 e. The first-order chi connectivity index (χ1) is 10.8. The topological polar surface area (TPSA) is 64.1 Å². The minimum atomic E-state index is 0.125. The van der Waals surface area contributed by atoms with Crippen molar-refractivity contribution in [3.05, 3.63) is 42.7 Å². The number of hydrogen-bond donors (Lipinski definition) is 1. The highest BCUT2D eigenvalue weighted by molar-refractivity contribution is 5.92. The third kappa shape index (κ3) is 3.81. The van der Waals surface area contributed by atoms with Crippen molar-refractivity contribution in [3.8, 4) is 11.8 Å². The standard InChI is InChI=1S/C17H19N3O2/c21-16(13-5-2-1-3-6-13)20-14-7-9-15(10-8-14)22-17-18-11-4-12-19-17/h4,7-13H,1-3,5-6H2,(H,20,21). The van der Waals surface area contributed by atoms with Gasteiger partial charge in [-0.1, -0.05) is 19.3 Å². The predicted molar refractivity (Wildman–Crippen MR) is 83.8 cm³/mol. The summed E-state index contributed by atoms with van der Waals surface area (Å²) in [5.41, 5.74) is 0.789. The van der Waals surface area contributed by atoms with E-state index in [-0.39, 0.29) is 11.8 Å². The van der Waals surface area contributed by atoms with Gasteiger partial charge in [0.2, 0.25) is 5.91 Å². The highest BCUT2D eigenvalue weighted by Crippen LogP contribution is 2.25. The van der Waals surface area contributed by atoms with Crippen LogP contribution in [0.25, 0.3) is 0 Å². The molecule has 114 valence electrons.